The number of hydrogen-bond donors (Lipinski definition) is 0. The van der Waals surface area contributed by atoms with E-state index in [-0.39, 0.29) is 5.56 Å². The number of fused-ring (bicyclic) bond motifs is 3. The second-order valence-corrected chi connectivity index (χ2v) is 8.38. The van der Waals surface area contributed by atoms with Gasteiger partial charge in [-0.25, -0.2) is 8.91 Å². The van der Waals surface area contributed by atoms with E-state index in [9.17, 15) is 9.18 Å². The second-order valence-electron chi connectivity index (χ2n) is 8.38. The molecule has 0 bridgehead atoms. The normalized spacial score (nSPS) is 12.5. The molecule has 0 amide bonds. The summed E-state index contributed by atoms with van der Waals surface area (Å²) in [6, 6.07) is 11.4. The van der Waals surface area contributed by atoms with Crippen LogP contribution in [0.25, 0.3) is 33.3 Å². The largest absolute Gasteiger partial charge is 0.296 e. The molecule has 4 aromatic rings. The fraction of sp³-hybridized carbons (Fsp3) is 0.192. The Morgan fingerprint density at radius 3 is 2.53 bits per heavy atom. The van der Waals surface area contributed by atoms with Gasteiger partial charge in [-0.05, 0) is 67.8 Å². The first-order valence-electron chi connectivity index (χ1n) is 10.3. The van der Waals surface area contributed by atoms with Gasteiger partial charge in [0.2, 0.25) is 0 Å². The Morgan fingerprint density at radius 2 is 1.88 bits per heavy atom. The van der Waals surface area contributed by atoms with Crippen LogP contribution < -0.4 is 5.56 Å². The Hall–Kier alpha value is -3.80. The van der Waals surface area contributed by atoms with Crippen molar-refractivity contribution in [1.82, 2.24) is 19.2 Å². The zero-order chi connectivity index (χ0) is 23.2. The maximum Gasteiger partial charge on any atom is 0.261 e. The van der Waals surface area contributed by atoms with Gasteiger partial charge in [-0.1, -0.05) is 25.3 Å². The lowest BCUT2D eigenvalue weighted by molar-refractivity contribution is 0.275. The molecule has 0 saturated heterocycles. The third kappa shape index (κ3) is 3.68. The molecule has 6 heteroatoms. The lowest BCUT2D eigenvalue weighted by atomic mass is 9.98. The van der Waals surface area contributed by atoms with Gasteiger partial charge in [-0.2, -0.15) is 5.10 Å². The van der Waals surface area contributed by atoms with Crippen molar-refractivity contribution in [1.29, 1.82) is 0 Å². The van der Waals surface area contributed by atoms with E-state index in [1.54, 1.807) is 40.5 Å². The molecule has 0 N–H and O–H groups in total. The van der Waals surface area contributed by atoms with E-state index in [4.69, 9.17) is 5.10 Å². The van der Waals surface area contributed by atoms with Gasteiger partial charge in [0.05, 0.1) is 16.6 Å². The number of allylic oxidation sites excluding steroid dienone is 4. The summed E-state index contributed by atoms with van der Waals surface area (Å²) in [4.78, 5) is 17.3. The first-order chi connectivity index (χ1) is 15.1. The average molecular weight is 429 g/mol. The topological polar surface area (TPSA) is 52.2 Å². The van der Waals surface area contributed by atoms with Crippen LogP contribution in [0, 0.1) is 6.92 Å². The molecule has 32 heavy (non-hydrogen) atoms. The number of pyridine rings is 1. The van der Waals surface area contributed by atoms with Crippen molar-refractivity contribution in [2.24, 2.45) is 7.05 Å². The molecule has 0 aliphatic carbocycles. The molecule has 162 valence electrons. The van der Waals surface area contributed by atoms with Gasteiger partial charge in [0.1, 0.15) is 11.3 Å². The van der Waals surface area contributed by atoms with Crippen LogP contribution in [-0.2, 0) is 7.05 Å². The molecule has 0 unspecified atom stereocenters. The van der Waals surface area contributed by atoms with Gasteiger partial charge in [-0.3, -0.25) is 14.3 Å². The van der Waals surface area contributed by atoms with Gasteiger partial charge in [0.15, 0.2) is 0 Å². The van der Waals surface area contributed by atoms with Crippen LogP contribution in [0.2, 0.25) is 0 Å². The minimum Gasteiger partial charge on any atom is -0.296 e. The molecule has 0 spiro atoms. The van der Waals surface area contributed by atoms with Crippen molar-refractivity contribution in [3.05, 3.63) is 95.2 Å². The van der Waals surface area contributed by atoms with Crippen LogP contribution in [0.3, 0.4) is 0 Å². The zero-order valence-corrected chi connectivity index (χ0v) is 18.7. The molecule has 5 nitrogen and oxygen atoms in total. The fourth-order valence-corrected chi connectivity index (χ4v) is 3.60. The number of aromatic nitrogens is 4. The fourth-order valence-electron chi connectivity index (χ4n) is 3.60. The molecular weight excluding hydrogens is 403 g/mol. The first-order valence-corrected chi connectivity index (χ1v) is 10.3. The van der Waals surface area contributed by atoms with Crippen molar-refractivity contribution in [3.8, 4) is 11.1 Å². The Bertz CT molecular complexity index is 1480. The lowest BCUT2D eigenvalue weighted by Crippen LogP contribution is -2.19. The highest BCUT2D eigenvalue weighted by atomic mass is 19.1. The van der Waals surface area contributed by atoms with Crippen LogP contribution in [0.5, 0.6) is 0 Å². The summed E-state index contributed by atoms with van der Waals surface area (Å²) in [6.07, 6.45) is 5.02. The number of aryl methyl sites for hydroxylation is 2. The van der Waals surface area contributed by atoms with Gasteiger partial charge >= 0.3 is 0 Å². The number of hydrogen-bond acceptors (Lipinski definition) is 3. The Labute approximate surface area is 185 Å². The summed E-state index contributed by atoms with van der Waals surface area (Å²) in [5.41, 5.74) is 4.04. The minimum absolute atomic E-state index is 0.116. The monoisotopic (exact) mass is 428 g/mol. The van der Waals surface area contributed by atoms with Crippen molar-refractivity contribution in [2.75, 3.05) is 0 Å². The lowest BCUT2D eigenvalue weighted by Gasteiger charge is -2.14. The highest BCUT2D eigenvalue weighted by Gasteiger charge is 2.20. The molecule has 0 atom stereocenters. The molecule has 3 heterocycles. The van der Waals surface area contributed by atoms with Crippen molar-refractivity contribution < 1.29 is 4.39 Å². The smallest absolute Gasteiger partial charge is 0.261 e. The molecule has 0 radical (unpaired) electrons. The molecule has 0 aliphatic rings. The van der Waals surface area contributed by atoms with E-state index in [0.717, 1.165) is 16.8 Å². The molecular formula is C26H25FN4O. The molecule has 4 rings (SSSR count). The third-order valence-corrected chi connectivity index (χ3v) is 5.63. The summed E-state index contributed by atoms with van der Waals surface area (Å²) >= 11 is 0. The maximum absolute atomic E-state index is 14.3. The Balaban J connectivity index is 1.98. The molecule has 0 saturated carbocycles. The average Bonchev–Trinajstić information content (AvgIpc) is 3.20. The Kier molecular flexibility index (Phi) is 5.17. The standard InChI is InChI=1S/C26H25FN4O/c1-7-18(12-16(2)26(4,5)27)22-15-24-30(6)25(32)21-9-8-19(14-23(21)31(24)29-22)20-10-11-28-17(3)13-20/h7-15H,1-2H2,3-6H3. The van der Waals surface area contributed by atoms with E-state index < -0.39 is 5.67 Å². The van der Waals surface area contributed by atoms with Gasteiger partial charge in [0.25, 0.3) is 5.56 Å². The highest BCUT2D eigenvalue weighted by molar-refractivity contribution is 5.86. The number of rotatable bonds is 5. The molecule has 0 fully saturated rings. The quantitative estimate of drug-likeness (QED) is 0.398. The van der Waals surface area contributed by atoms with E-state index >= 15 is 0 Å². The summed E-state index contributed by atoms with van der Waals surface area (Å²) in [5, 5.41) is 5.30. The molecule has 3 aromatic heterocycles. The predicted octanol–water partition coefficient (Wildman–Crippen LogP) is 5.43. The van der Waals surface area contributed by atoms with E-state index in [2.05, 4.69) is 18.1 Å². The van der Waals surface area contributed by atoms with E-state index in [0.29, 0.717) is 33.4 Å². The van der Waals surface area contributed by atoms with Crippen molar-refractivity contribution >= 4 is 22.1 Å². The first kappa shape index (κ1) is 21.4. The summed E-state index contributed by atoms with van der Waals surface area (Å²) in [7, 11) is 1.71. The van der Waals surface area contributed by atoms with Crippen LogP contribution in [0.1, 0.15) is 25.2 Å². The summed E-state index contributed by atoms with van der Waals surface area (Å²) in [6.45, 7) is 12.5. The maximum atomic E-state index is 14.3. The van der Waals surface area contributed by atoms with Crippen LogP contribution >= 0.6 is 0 Å². The summed E-state index contributed by atoms with van der Waals surface area (Å²) in [5.74, 6) is 0. The highest BCUT2D eigenvalue weighted by Crippen LogP contribution is 2.27. The second kappa shape index (κ2) is 7.71. The number of benzene rings is 1. The van der Waals surface area contributed by atoms with Crippen molar-refractivity contribution in [3.63, 3.8) is 0 Å². The molecule has 0 aliphatic heterocycles. The van der Waals surface area contributed by atoms with Crippen LogP contribution in [0.15, 0.2) is 78.3 Å². The number of halogens is 1. The van der Waals surface area contributed by atoms with Gasteiger partial charge < -0.3 is 0 Å². The number of alkyl halides is 1. The minimum atomic E-state index is -1.56. The summed E-state index contributed by atoms with van der Waals surface area (Å²) < 4.78 is 17.6. The molecule has 1 aromatic carbocycles. The van der Waals surface area contributed by atoms with E-state index in [1.165, 1.54) is 13.8 Å². The van der Waals surface area contributed by atoms with Gasteiger partial charge in [-0.15, -0.1) is 0 Å². The SMILES string of the molecule is C=CC(=CC(=C)C(C)(C)F)c1cc2n(C)c(=O)c3ccc(-c4ccnc(C)c4)cc3n2n1. The van der Waals surface area contributed by atoms with Crippen LogP contribution in [0.4, 0.5) is 4.39 Å². The van der Waals surface area contributed by atoms with E-state index in [1.807, 2.05) is 37.3 Å². The number of nitrogens with zero attached hydrogens (tertiary/aromatic N) is 4. The van der Waals surface area contributed by atoms with Gasteiger partial charge in [0, 0.05) is 30.6 Å². The Morgan fingerprint density at radius 1 is 1.16 bits per heavy atom. The van der Waals surface area contributed by atoms with Crippen LogP contribution in [-0.4, -0.2) is 24.8 Å². The third-order valence-electron chi connectivity index (χ3n) is 5.63. The van der Waals surface area contributed by atoms with Crippen molar-refractivity contribution in [2.45, 2.75) is 26.4 Å². The predicted molar refractivity (Wildman–Crippen MR) is 128 cm³/mol. The zero-order valence-electron chi connectivity index (χ0n) is 18.7.